The zero-order chi connectivity index (χ0) is 12.8. The highest BCUT2D eigenvalue weighted by atomic mass is 16.5. The normalized spacial score (nSPS) is 14.6. The summed E-state index contributed by atoms with van der Waals surface area (Å²) in [5.41, 5.74) is 2.24. The van der Waals surface area contributed by atoms with Gasteiger partial charge in [-0.15, -0.1) is 0 Å². The van der Waals surface area contributed by atoms with Crippen molar-refractivity contribution in [3.63, 3.8) is 0 Å². The quantitative estimate of drug-likeness (QED) is 0.583. The summed E-state index contributed by atoms with van der Waals surface area (Å²) in [5, 5.41) is 0. The van der Waals surface area contributed by atoms with Crippen LogP contribution in [0.15, 0.2) is 36.4 Å². The molecule has 0 saturated carbocycles. The van der Waals surface area contributed by atoms with Gasteiger partial charge in [0.25, 0.3) is 0 Å². The van der Waals surface area contributed by atoms with E-state index in [0.717, 1.165) is 5.56 Å². The van der Waals surface area contributed by atoms with E-state index in [1.807, 2.05) is 57.2 Å². The molecule has 1 aromatic rings. The lowest BCUT2D eigenvalue weighted by Gasteiger charge is -2.22. The van der Waals surface area contributed by atoms with Gasteiger partial charge in [-0.3, -0.25) is 4.79 Å². The van der Waals surface area contributed by atoms with E-state index >= 15 is 0 Å². The van der Waals surface area contributed by atoms with E-state index < -0.39 is 0 Å². The maximum Gasteiger partial charge on any atom is 0.303 e. The predicted molar refractivity (Wildman–Crippen MR) is 69.7 cm³/mol. The molecule has 0 aliphatic rings. The minimum absolute atomic E-state index is 0.173. The molecule has 0 aromatic heterocycles. The van der Waals surface area contributed by atoms with E-state index in [1.54, 1.807) is 0 Å². The Kier molecular flexibility index (Phi) is 4.95. The van der Waals surface area contributed by atoms with Crippen LogP contribution < -0.4 is 0 Å². The van der Waals surface area contributed by atoms with Crippen LogP contribution in [0.1, 0.15) is 38.0 Å². The third kappa shape index (κ3) is 4.06. The van der Waals surface area contributed by atoms with Crippen molar-refractivity contribution in [2.24, 2.45) is 5.92 Å². The summed E-state index contributed by atoms with van der Waals surface area (Å²) in [6.45, 7) is 7.51. The minimum Gasteiger partial charge on any atom is -0.457 e. The van der Waals surface area contributed by atoms with Crippen LogP contribution in [0, 0.1) is 12.8 Å². The Morgan fingerprint density at radius 3 is 2.35 bits per heavy atom. The summed E-state index contributed by atoms with van der Waals surface area (Å²) in [4.78, 5) is 11.2. The number of hydrogen-bond donors (Lipinski definition) is 0. The third-order valence-corrected chi connectivity index (χ3v) is 2.67. The van der Waals surface area contributed by atoms with Crippen molar-refractivity contribution in [3.8, 4) is 0 Å². The molecule has 92 valence electrons. The smallest absolute Gasteiger partial charge is 0.303 e. The highest BCUT2D eigenvalue weighted by molar-refractivity contribution is 5.66. The molecule has 0 saturated heterocycles. The van der Waals surface area contributed by atoms with Gasteiger partial charge in [0.15, 0.2) is 0 Å². The molecule has 1 rings (SSSR count). The van der Waals surface area contributed by atoms with E-state index in [9.17, 15) is 4.79 Å². The number of rotatable bonds is 4. The average molecular weight is 232 g/mol. The van der Waals surface area contributed by atoms with E-state index in [0.29, 0.717) is 0 Å². The maximum atomic E-state index is 11.2. The maximum absolute atomic E-state index is 11.2. The number of aryl methyl sites for hydroxylation is 1. The summed E-state index contributed by atoms with van der Waals surface area (Å²) in [6, 6.07) is 8.11. The molecule has 0 spiro atoms. The predicted octanol–water partition coefficient (Wildman–Crippen LogP) is 3.81. The van der Waals surface area contributed by atoms with Crippen molar-refractivity contribution in [1.82, 2.24) is 0 Å². The number of esters is 1. The van der Waals surface area contributed by atoms with Crippen molar-refractivity contribution >= 4 is 5.97 Å². The van der Waals surface area contributed by atoms with E-state index in [1.165, 1.54) is 12.5 Å². The van der Waals surface area contributed by atoms with Crippen LogP contribution in [0.2, 0.25) is 0 Å². The lowest BCUT2D eigenvalue weighted by Crippen LogP contribution is -2.15. The molecule has 0 aliphatic carbocycles. The molecule has 17 heavy (non-hydrogen) atoms. The SMILES string of the molecule is C/C=C/C(C)C(OC(C)=O)c1ccc(C)cc1. The van der Waals surface area contributed by atoms with Gasteiger partial charge in [-0.1, -0.05) is 48.9 Å². The Labute approximate surface area is 103 Å². The van der Waals surface area contributed by atoms with Gasteiger partial charge >= 0.3 is 5.97 Å². The molecule has 2 nitrogen and oxygen atoms in total. The number of allylic oxidation sites excluding steroid dienone is 1. The number of benzene rings is 1. The monoisotopic (exact) mass is 232 g/mol. The first-order valence-electron chi connectivity index (χ1n) is 5.91. The van der Waals surface area contributed by atoms with E-state index in [-0.39, 0.29) is 18.0 Å². The minimum atomic E-state index is -0.244. The van der Waals surface area contributed by atoms with Crippen molar-refractivity contribution in [3.05, 3.63) is 47.5 Å². The lowest BCUT2D eigenvalue weighted by atomic mass is 9.96. The molecule has 2 unspecified atom stereocenters. The van der Waals surface area contributed by atoms with Crippen LogP contribution in [0.25, 0.3) is 0 Å². The molecule has 0 amide bonds. The summed E-state index contributed by atoms with van der Waals surface area (Å²) in [5.74, 6) is -0.0708. The fourth-order valence-electron chi connectivity index (χ4n) is 1.82. The fourth-order valence-corrected chi connectivity index (χ4v) is 1.82. The zero-order valence-corrected chi connectivity index (χ0v) is 10.9. The molecule has 0 aliphatic heterocycles. The number of hydrogen-bond acceptors (Lipinski definition) is 2. The highest BCUT2D eigenvalue weighted by Gasteiger charge is 2.19. The van der Waals surface area contributed by atoms with Gasteiger partial charge in [-0.05, 0) is 19.4 Å². The fraction of sp³-hybridized carbons (Fsp3) is 0.400. The summed E-state index contributed by atoms with van der Waals surface area (Å²) in [6.07, 6.45) is 3.83. The van der Waals surface area contributed by atoms with Crippen LogP contribution in [-0.2, 0) is 9.53 Å². The molecule has 2 atom stereocenters. The second-order valence-corrected chi connectivity index (χ2v) is 4.33. The average Bonchev–Trinajstić information content (AvgIpc) is 2.27. The molecule has 0 heterocycles. The Balaban J connectivity index is 2.96. The molecule has 0 N–H and O–H groups in total. The third-order valence-electron chi connectivity index (χ3n) is 2.67. The van der Waals surface area contributed by atoms with Gasteiger partial charge < -0.3 is 4.74 Å². The van der Waals surface area contributed by atoms with Gasteiger partial charge in [0.2, 0.25) is 0 Å². The number of carbonyl (C=O) groups excluding carboxylic acids is 1. The molecule has 0 radical (unpaired) electrons. The van der Waals surface area contributed by atoms with Crippen molar-refractivity contribution in [2.45, 2.75) is 33.8 Å². The van der Waals surface area contributed by atoms with Gasteiger partial charge in [0.1, 0.15) is 6.10 Å². The van der Waals surface area contributed by atoms with Crippen molar-refractivity contribution in [1.29, 1.82) is 0 Å². The molecular formula is C15H20O2. The largest absolute Gasteiger partial charge is 0.457 e. The topological polar surface area (TPSA) is 26.3 Å². The van der Waals surface area contributed by atoms with Crippen LogP contribution in [0.3, 0.4) is 0 Å². The lowest BCUT2D eigenvalue weighted by molar-refractivity contribution is -0.148. The Bertz CT molecular complexity index is 390. The molecular weight excluding hydrogens is 212 g/mol. The Morgan fingerprint density at radius 2 is 1.88 bits per heavy atom. The molecule has 1 aromatic carbocycles. The second kappa shape index (κ2) is 6.24. The second-order valence-electron chi connectivity index (χ2n) is 4.33. The van der Waals surface area contributed by atoms with Gasteiger partial charge in [-0.2, -0.15) is 0 Å². The number of carbonyl (C=O) groups is 1. The van der Waals surface area contributed by atoms with Crippen LogP contribution in [-0.4, -0.2) is 5.97 Å². The van der Waals surface area contributed by atoms with Gasteiger partial charge in [0, 0.05) is 12.8 Å². The van der Waals surface area contributed by atoms with Crippen LogP contribution in [0.4, 0.5) is 0 Å². The van der Waals surface area contributed by atoms with Crippen molar-refractivity contribution < 1.29 is 9.53 Å². The first kappa shape index (κ1) is 13.5. The van der Waals surface area contributed by atoms with Crippen molar-refractivity contribution in [2.75, 3.05) is 0 Å². The molecule has 0 fully saturated rings. The molecule has 0 bridgehead atoms. The summed E-state index contributed by atoms with van der Waals surface area (Å²) >= 11 is 0. The van der Waals surface area contributed by atoms with Gasteiger partial charge in [0.05, 0.1) is 0 Å². The zero-order valence-electron chi connectivity index (χ0n) is 10.9. The Hall–Kier alpha value is -1.57. The van der Waals surface area contributed by atoms with Crippen LogP contribution in [0.5, 0.6) is 0 Å². The van der Waals surface area contributed by atoms with Crippen LogP contribution >= 0.6 is 0 Å². The summed E-state index contributed by atoms with van der Waals surface area (Å²) < 4.78 is 5.40. The Morgan fingerprint density at radius 1 is 1.29 bits per heavy atom. The summed E-state index contributed by atoms with van der Waals surface area (Å²) in [7, 11) is 0. The van der Waals surface area contributed by atoms with E-state index in [2.05, 4.69) is 0 Å². The first-order chi connectivity index (χ1) is 8.04. The van der Waals surface area contributed by atoms with E-state index in [4.69, 9.17) is 4.74 Å². The first-order valence-corrected chi connectivity index (χ1v) is 5.91. The standard InChI is InChI=1S/C15H20O2/c1-5-6-12(3)15(17-13(4)16)14-9-7-11(2)8-10-14/h5-10,12,15H,1-4H3/b6-5+. The number of ether oxygens (including phenoxy) is 1. The highest BCUT2D eigenvalue weighted by Crippen LogP contribution is 2.27. The van der Waals surface area contributed by atoms with Gasteiger partial charge in [-0.25, -0.2) is 0 Å². The molecule has 2 heteroatoms.